The number of carbonyl (C=O) groups is 4. The molecule has 0 aromatic heterocycles. The molecule has 3 atom stereocenters. The molecule has 0 radical (unpaired) electrons. The minimum atomic E-state index is -1.50. The van der Waals surface area contributed by atoms with Crippen molar-refractivity contribution in [2.75, 3.05) is 13.7 Å². The molecule has 0 aliphatic carbocycles. The van der Waals surface area contributed by atoms with E-state index >= 15 is 0 Å². The second kappa shape index (κ2) is 15.5. The lowest BCUT2D eigenvalue weighted by molar-refractivity contribution is -0.151. The maximum atomic E-state index is 12.8. The normalized spacial score (nSPS) is 14.4. The largest absolute Gasteiger partial charge is 0.468 e. The van der Waals surface area contributed by atoms with Crippen LogP contribution in [-0.2, 0) is 35.1 Å². The van der Waals surface area contributed by atoms with Crippen molar-refractivity contribution in [1.82, 2.24) is 0 Å². The van der Waals surface area contributed by atoms with Gasteiger partial charge in [-0.2, -0.15) is 0 Å². The van der Waals surface area contributed by atoms with Crippen molar-refractivity contribution >= 4 is 23.9 Å². The van der Waals surface area contributed by atoms with E-state index in [1.807, 2.05) is 34.6 Å². The molecule has 1 aromatic carbocycles. The maximum absolute atomic E-state index is 12.8. The Bertz CT molecular complexity index is 958. The van der Waals surface area contributed by atoms with Crippen LogP contribution >= 0.6 is 0 Å². The summed E-state index contributed by atoms with van der Waals surface area (Å²) in [5, 5.41) is 0. The summed E-state index contributed by atoms with van der Waals surface area (Å²) in [4.78, 5) is 49.9. The second-order valence-corrected chi connectivity index (χ2v) is 10.6. The summed E-state index contributed by atoms with van der Waals surface area (Å²) in [5.41, 5.74) is 5.49. The Hall–Kier alpha value is -2.94. The van der Waals surface area contributed by atoms with Crippen LogP contribution in [0.2, 0.25) is 0 Å². The topological polar surface area (TPSA) is 131 Å². The number of carbonyl (C=O) groups excluding carboxylic acids is 4. The number of nitrogens with two attached hydrogens (primary N) is 1. The quantitative estimate of drug-likeness (QED) is 0.252. The molecule has 2 unspecified atom stereocenters. The third-order valence-electron chi connectivity index (χ3n) is 6.83. The number of esters is 4. The lowest BCUT2D eigenvalue weighted by Gasteiger charge is -2.27. The molecule has 0 aliphatic rings. The molecule has 1 rings (SSSR count). The van der Waals surface area contributed by atoms with Gasteiger partial charge in [-0.1, -0.05) is 61.0 Å². The van der Waals surface area contributed by atoms with Gasteiger partial charge in [0.25, 0.3) is 0 Å². The zero-order valence-electron chi connectivity index (χ0n) is 24.1. The highest BCUT2D eigenvalue weighted by Gasteiger charge is 2.36. The fourth-order valence-electron chi connectivity index (χ4n) is 3.34. The van der Waals surface area contributed by atoms with Gasteiger partial charge in [-0.15, -0.1) is 0 Å². The van der Waals surface area contributed by atoms with Crippen LogP contribution in [0.3, 0.4) is 0 Å². The number of unbranched alkanes of at least 4 members (excludes halogenated alkanes) is 1. The minimum Gasteiger partial charge on any atom is -0.468 e. The van der Waals surface area contributed by atoms with E-state index in [2.05, 4.69) is 0 Å². The van der Waals surface area contributed by atoms with E-state index < -0.39 is 29.4 Å². The van der Waals surface area contributed by atoms with Crippen molar-refractivity contribution in [3.63, 3.8) is 0 Å². The third kappa shape index (κ3) is 10.1. The molecule has 9 nitrogen and oxygen atoms in total. The fourth-order valence-corrected chi connectivity index (χ4v) is 3.34. The molecule has 9 heteroatoms. The van der Waals surface area contributed by atoms with E-state index in [0.717, 1.165) is 6.42 Å². The first-order chi connectivity index (χ1) is 17.7. The highest BCUT2D eigenvalue weighted by Crippen LogP contribution is 2.32. The molecular weight excluding hydrogens is 490 g/mol. The standard InChI is InChI=1S/C29H45NO8/c1-9-10-11-25(31)36-15-14-29(30,28(34)35-8)17-22-12-13-23(37-26(32)20(6)18(2)3)24(16-22)38-27(33)21(7)19(4)5/h12-13,16,18-21H,9-11,14-15,17,30H2,1-8H3/t20?,21?,29-/m1/s1. The summed E-state index contributed by atoms with van der Waals surface area (Å²) in [6.45, 7) is 13.1. The smallest absolute Gasteiger partial charge is 0.326 e. The number of benzene rings is 1. The Balaban J connectivity index is 3.25. The lowest BCUT2D eigenvalue weighted by Crippen LogP contribution is -2.51. The molecular formula is C29H45NO8. The summed E-state index contributed by atoms with van der Waals surface area (Å²) in [6.07, 6.45) is 1.91. The van der Waals surface area contributed by atoms with Gasteiger partial charge in [-0.25, -0.2) is 0 Å². The number of hydrogen-bond acceptors (Lipinski definition) is 9. The first kappa shape index (κ1) is 33.1. The van der Waals surface area contributed by atoms with Gasteiger partial charge in [-0.05, 0) is 36.0 Å². The molecule has 0 saturated carbocycles. The SMILES string of the molecule is CCCCC(=O)OCC[C@@](N)(Cc1ccc(OC(=O)C(C)C(C)C)c(OC(=O)C(C)C(C)C)c1)C(=O)OC. The second-order valence-electron chi connectivity index (χ2n) is 10.6. The van der Waals surface area contributed by atoms with Crippen LogP contribution < -0.4 is 15.2 Å². The van der Waals surface area contributed by atoms with Crippen molar-refractivity contribution in [2.45, 2.75) is 86.1 Å². The molecule has 38 heavy (non-hydrogen) atoms. The van der Waals surface area contributed by atoms with Crippen LogP contribution in [-0.4, -0.2) is 43.1 Å². The Morgan fingerprint density at radius 3 is 1.95 bits per heavy atom. The molecule has 0 fully saturated rings. The Morgan fingerprint density at radius 1 is 0.895 bits per heavy atom. The van der Waals surface area contributed by atoms with Crippen LogP contribution in [0.4, 0.5) is 0 Å². The zero-order chi connectivity index (χ0) is 29.0. The Kier molecular flexibility index (Phi) is 13.5. The molecule has 0 saturated heterocycles. The van der Waals surface area contributed by atoms with E-state index in [0.29, 0.717) is 18.4 Å². The van der Waals surface area contributed by atoms with Gasteiger partial charge in [0.05, 0.1) is 25.6 Å². The van der Waals surface area contributed by atoms with Crippen LogP contribution in [0.1, 0.15) is 79.7 Å². The lowest BCUT2D eigenvalue weighted by atomic mass is 9.88. The fraction of sp³-hybridized carbons (Fsp3) is 0.655. The number of hydrogen-bond donors (Lipinski definition) is 1. The van der Waals surface area contributed by atoms with E-state index in [1.165, 1.54) is 19.2 Å². The molecule has 0 spiro atoms. The number of rotatable bonds is 15. The summed E-state index contributed by atoms with van der Waals surface area (Å²) in [6, 6.07) is 4.69. The molecule has 0 amide bonds. The highest BCUT2D eigenvalue weighted by atomic mass is 16.6. The van der Waals surface area contributed by atoms with Gasteiger partial charge in [0.15, 0.2) is 11.5 Å². The average molecular weight is 536 g/mol. The molecule has 0 aliphatic heterocycles. The van der Waals surface area contributed by atoms with Crippen LogP contribution in [0, 0.1) is 23.7 Å². The van der Waals surface area contributed by atoms with E-state index in [4.69, 9.17) is 24.7 Å². The highest BCUT2D eigenvalue weighted by molar-refractivity contribution is 5.81. The van der Waals surface area contributed by atoms with Gasteiger partial charge >= 0.3 is 23.9 Å². The number of ether oxygens (including phenoxy) is 4. The van der Waals surface area contributed by atoms with Crippen molar-refractivity contribution in [2.24, 2.45) is 29.4 Å². The zero-order valence-corrected chi connectivity index (χ0v) is 24.1. The van der Waals surface area contributed by atoms with Gasteiger partial charge in [0.2, 0.25) is 0 Å². The first-order valence-electron chi connectivity index (χ1n) is 13.3. The average Bonchev–Trinajstić information content (AvgIpc) is 2.86. The summed E-state index contributed by atoms with van der Waals surface area (Å²) in [7, 11) is 1.23. The first-order valence-corrected chi connectivity index (χ1v) is 13.3. The molecule has 214 valence electrons. The predicted octanol–water partition coefficient (Wildman–Crippen LogP) is 4.62. The molecule has 0 bridgehead atoms. The van der Waals surface area contributed by atoms with Gasteiger partial charge in [-0.3, -0.25) is 19.2 Å². The third-order valence-corrected chi connectivity index (χ3v) is 6.83. The Labute approximate surface area is 226 Å². The van der Waals surface area contributed by atoms with Crippen LogP contribution in [0.15, 0.2) is 18.2 Å². The predicted molar refractivity (Wildman–Crippen MR) is 143 cm³/mol. The van der Waals surface area contributed by atoms with Crippen LogP contribution in [0.5, 0.6) is 11.5 Å². The summed E-state index contributed by atoms with van der Waals surface area (Å²) >= 11 is 0. The van der Waals surface area contributed by atoms with Crippen molar-refractivity contribution in [3.05, 3.63) is 23.8 Å². The molecule has 0 heterocycles. The summed E-state index contributed by atoms with van der Waals surface area (Å²) in [5.74, 6) is -2.47. The van der Waals surface area contributed by atoms with Crippen molar-refractivity contribution < 1.29 is 38.1 Å². The van der Waals surface area contributed by atoms with E-state index in [9.17, 15) is 19.2 Å². The van der Waals surface area contributed by atoms with Gasteiger partial charge in [0.1, 0.15) is 5.54 Å². The minimum absolute atomic E-state index is 0.00704. The van der Waals surface area contributed by atoms with Crippen LogP contribution in [0.25, 0.3) is 0 Å². The van der Waals surface area contributed by atoms with E-state index in [-0.39, 0.29) is 54.7 Å². The Morgan fingerprint density at radius 2 is 1.45 bits per heavy atom. The monoisotopic (exact) mass is 535 g/mol. The summed E-state index contributed by atoms with van der Waals surface area (Å²) < 4.78 is 21.4. The maximum Gasteiger partial charge on any atom is 0.326 e. The molecule has 1 aromatic rings. The van der Waals surface area contributed by atoms with Crippen molar-refractivity contribution in [3.8, 4) is 11.5 Å². The van der Waals surface area contributed by atoms with Gasteiger partial charge < -0.3 is 24.7 Å². The van der Waals surface area contributed by atoms with Crippen molar-refractivity contribution in [1.29, 1.82) is 0 Å². The van der Waals surface area contributed by atoms with Gasteiger partial charge in [0, 0.05) is 19.3 Å². The molecule has 2 N–H and O–H groups in total. The van der Waals surface area contributed by atoms with E-state index in [1.54, 1.807) is 19.9 Å². The number of methoxy groups -OCH3 is 1.